The van der Waals surface area contributed by atoms with E-state index in [1.165, 1.54) is 12.0 Å². The maximum Gasteiger partial charge on any atom is 0.328 e. The molecule has 1 heterocycles. The van der Waals surface area contributed by atoms with E-state index in [-0.39, 0.29) is 30.1 Å². The van der Waals surface area contributed by atoms with Gasteiger partial charge in [-0.15, -0.1) is 0 Å². The molecular formula is C23H27NO6. The molecule has 0 aromatic heterocycles. The first-order valence-corrected chi connectivity index (χ1v) is 10.6. The third-order valence-corrected chi connectivity index (χ3v) is 6.76. The van der Waals surface area contributed by atoms with E-state index in [0.717, 1.165) is 30.4 Å². The highest BCUT2D eigenvalue weighted by Gasteiger charge is 2.42. The number of nitrogens with zero attached hydrogens (tertiary/aromatic N) is 1. The van der Waals surface area contributed by atoms with Crippen molar-refractivity contribution in [3.8, 4) is 0 Å². The molecule has 2 saturated carbocycles. The fraction of sp³-hybridized carbons (Fsp3) is 0.565. The number of methoxy groups -OCH3 is 1. The highest BCUT2D eigenvalue weighted by Crippen LogP contribution is 2.40. The summed E-state index contributed by atoms with van der Waals surface area (Å²) in [6.45, 7) is -0.136. The minimum Gasteiger partial charge on any atom is -0.467 e. The van der Waals surface area contributed by atoms with Crippen LogP contribution in [0.1, 0.15) is 43.2 Å². The summed E-state index contributed by atoms with van der Waals surface area (Å²) >= 11 is 0. The van der Waals surface area contributed by atoms with Crippen LogP contribution < -0.4 is 0 Å². The number of benzene rings is 1. The van der Waals surface area contributed by atoms with Crippen LogP contribution in [0.5, 0.6) is 0 Å². The summed E-state index contributed by atoms with van der Waals surface area (Å²) in [6.07, 6.45) is 4.12. The highest BCUT2D eigenvalue weighted by molar-refractivity contribution is 5.89. The Hall–Kier alpha value is -2.70. The summed E-state index contributed by atoms with van der Waals surface area (Å²) < 4.78 is 10.2. The Labute approximate surface area is 175 Å². The largest absolute Gasteiger partial charge is 0.467 e. The van der Waals surface area contributed by atoms with Gasteiger partial charge in [0.15, 0.2) is 6.61 Å². The third-order valence-electron chi connectivity index (χ3n) is 6.76. The lowest BCUT2D eigenvalue weighted by Gasteiger charge is -2.37. The van der Waals surface area contributed by atoms with Gasteiger partial charge in [0, 0.05) is 24.8 Å². The maximum atomic E-state index is 12.9. The molecule has 30 heavy (non-hydrogen) atoms. The van der Waals surface area contributed by atoms with Gasteiger partial charge < -0.3 is 14.4 Å². The van der Waals surface area contributed by atoms with E-state index in [0.29, 0.717) is 19.3 Å². The van der Waals surface area contributed by atoms with Crippen LogP contribution in [-0.2, 0) is 41.6 Å². The molecule has 1 amide bonds. The van der Waals surface area contributed by atoms with Crippen LogP contribution in [0, 0.1) is 17.8 Å². The van der Waals surface area contributed by atoms with Crippen LogP contribution >= 0.6 is 0 Å². The third kappa shape index (κ3) is 3.98. The van der Waals surface area contributed by atoms with Gasteiger partial charge in [-0.25, -0.2) is 4.79 Å². The second-order valence-electron chi connectivity index (χ2n) is 8.54. The molecular weight excluding hydrogens is 386 g/mol. The molecule has 2 bridgehead atoms. The van der Waals surface area contributed by atoms with Gasteiger partial charge in [0.2, 0.25) is 0 Å². The lowest BCUT2D eigenvalue weighted by Crippen LogP contribution is -2.50. The maximum absolute atomic E-state index is 12.9. The van der Waals surface area contributed by atoms with Gasteiger partial charge in [-0.1, -0.05) is 30.7 Å². The molecule has 2 fully saturated rings. The normalized spacial score (nSPS) is 27.8. The first-order valence-electron chi connectivity index (χ1n) is 10.6. The van der Waals surface area contributed by atoms with E-state index >= 15 is 0 Å². The number of carbonyl (C=O) groups is 4. The minimum atomic E-state index is -0.734. The van der Waals surface area contributed by atoms with Crippen molar-refractivity contribution in [3.63, 3.8) is 0 Å². The number of hydrogen-bond acceptors (Lipinski definition) is 6. The summed E-state index contributed by atoms with van der Waals surface area (Å²) in [4.78, 5) is 51.4. The number of rotatable bonds is 4. The first-order chi connectivity index (χ1) is 14.5. The van der Waals surface area contributed by atoms with Gasteiger partial charge in [-0.2, -0.15) is 0 Å². The Kier molecular flexibility index (Phi) is 5.88. The Morgan fingerprint density at radius 3 is 2.37 bits per heavy atom. The summed E-state index contributed by atoms with van der Waals surface area (Å²) in [6, 6.07) is 6.92. The molecule has 0 spiro atoms. The van der Waals surface area contributed by atoms with Crippen molar-refractivity contribution in [3.05, 3.63) is 35.4 Å². The monoisotopic (exact) mass is 413 g/mol. The topological polar surface area (TPSA) is 90.0 Å². The second-order valence-corrected chi connectivity index (χ2v) is 8.54. The van der Waals surface area contributed by atoms with Gasteiger partial charge in [-0.3, -0.25) is 14.4 Å². The SMILES string of the molecule is COC(=O)[C@@H]1Cc2ccccc2CN1C(=O)COC(=O)C1C[C@H]2CCC[C@@H](C1)C2=O. The number of hydrogen-bond donors (Lipinski definition) is 0. The van der Waals surface area contributed by atoms with Gasteiger partial charge in [0.1, 0.15) is 11.8 Å². The molecule has 1 aliphatic heterocycles. The van der Waals surface area contributed by atoms with E-state index in [1.54, 1.807) is 0 Å². The number of Topliss-reactive ketones (excluding diaryl/α,β-unsaturated/α-hetero) is 1. The zero-order valence-electron chi connectivity index (χ0n) is 17.2. The molecule has 0 N–H and O–H groups in total. The predicted octanol–water partition coefficient (Wildman–Crippen LogP) is 2.05. The Bertz CT molecular complexity index is 849. The zero-order chi connectivity index (χ0) is 21.3. The average Bonchev–Trinajstić information content (AvgIpc) is 2.75. The molecule has 3 aliphatic rings. The zero-order valence-corrected chi connectivity index (χ0v) is 17.2. The van der Waals surface area contributed by atoms with Gasteiger partial charge >= 0.3 is 11.9 Å². The number of fused-ring (bicyclic) bond motifs is 3. The van der Waals surface area contributed by atoms with Crippen molar-refractivity contribution in [2.24, 2.45) is 17.8 Å². The van der Waals surface area contributed by atoms with E-state index in [9.17, 15) is 19.2 Å². The Balaban J connectivity index is 1.39. The van der Waals surface area contributed by atoms with E-state index in [2.05, 4.69) is 0 Å². The van der Waals surface area contributed by atoms with Crippen LogP contribution in [0.25, 0.3) is 0 Å². The van der Waals surface area contributed by atoms with Crippen molar-refractivity contribution < 1.29 is 28.7 Å². The Morgan fingerprint density at radius 2 is 1.70 bits per heavy atom. The van der Waals surface area contributed by atoms with Gasteiger partial charge in [0.25, 0.3) is 5.91 Å². The number of esters is 2. The number of ketones is 1. The molecule has 1 unspecified atom stereocenters. The molecule has 2 aliphatic carbocycles. The highest BCUT2D eigenvalue weighted by atomic mass is 16.5. The molecule has 7 heteroatoms. The van der Waals surface area contributed by atoms with Crippen LogP contribution in [-0.4, -0.2) is 48.3 Å². The molecule has 4 rings (SSSR count). The molecule has 160 valence electrons. The van der Waals surface area contributed by atoms with Crippen LogP contribution in [0.3, 0.4) is 0 Å². The van der Waals surface area contributed by atoms with Crippen LogP contribution in [0.15, 0.2) is 24.3 Å². The Morgan fingerprint density at radius 1 is 1.03 bits per heavy atom. The minimum absolute atomic E-state index is 0.0481. The summed E-state index contributed by atoms with van der Waals surface area (Å²) in [5.41, 5.74) is 1.98. The molecule has 0 radical (unpaired) electrons. The van der Waals surface area contributed by atoms with E-state index in [1.807, 2.05) is 24.3 Å². The summed E-state index contributed by atoms with van der Waals surface area (Å²) in [5.74, 6) is -1.46. The van der Waals surface area contributed by atoms with Gasteiger partial charge in [0.05, 0.1) is 13.0 Å². The molecule has 7 nitrogen and oxygen atoms in total. The van der Waals surface area contributed by atoms with Crippen molar-refractivity contribution in [2.45, 2.75) is 51.1 Å². The summed E-state index contributed by atoms with van der Waals surface area (Å²) in [5, 5.41) is 0. The van der Waals surface area contributed by atoms with E-state index in [4.69, 9.17) is 9.47 Å². The van der Waals surface area contributed by atoms with E-state index < -0.39 is 30.5 Å². The van der Waals surface area contributed by atoms with Crippen LogP contribution in [0.2, 0.25) is 0 Å². The smallest absolute Gasteiger partial charge is 0.328 e. The van der Waals surface area contributed by atoms with Gasteiger partial charge in [-0.05, 0) is 36.8 Å². The molecule has 4 atom stereocenters. The molecule has 1 aromatic carbocycles. The second kappa shape index (κ2) is 8.58. The van der Waals surface area contributed by atoms with Crippen LogP contribution in [0.4, 0.5) is 0 Å². The average molecular weight is 413 g/mol. The molecule has 0 saturated heterocycles. The first kappa shape index (κ1) is 20.6. The summed E-state index contributed by atoms with van der Waals surface area (Å²) in [7, 11) is 1.30. The van der Waals surface area contributed by atoms with Crippen molar-refractivity contribution >= 4 is 23.6 Å². The van der Waals surface area contributed by atoms with Crippen molar-refractivity contribution in [2.75, 3.05) is 13.7 Å². The number of amides is 1. The number of ether oxygens (including phenoxy) is 2. The van der Waals surface area contributed by atoms with Crippen molar-refractivity contribution in [1.82, 2.24) is 4.90 Å². The fourth-order valence-corrected chi connectivity index (χ4v) is 5.14. The quantitative estimate of drug-likeness (QED) is 0.702. The lowest BCUT2D eigenvalue weighted by atomic mass is 9.67. The fourth-order valence-electron chi connectivity index (χ4n) is 5.14. The molecule has 1 aromatic rings. The standard InChI is InChI=1S/C23H27NO6/c1-29-23(28)19-11-14-5-2-3-6-17(14)12-24(19)20(25)13-30-22(27)18-9-15-7-4-8-16(10-18)21(15)26/h2-3,5-6,15-16,18-19H,4,7-13H2,1H3/t15-,16+,18?,19-/m0/s1. The number of carbonyl (C=O) groups excluding carboxylic acids is 4. The van der Waals surface area contributed by atoms with Crippen molar-refractivity contribution in [1.29, 1.82) is 0 Å². The predicted molar refractivity (Wildman–Crippen MR) is 106 cm³/mol. The lowest BCUT2D eigenvalue weighted by molar-refractivity contribution is -0.162.